The van der Waals surface area contributed by atoms with Gasteiger partial charge in [-0.2, -0.15) is 0 Å². The highest BCUT2D eigenvalue weighted by Crippen LogP contribution is 2.23. The van der Waals surface area contributed by atoms with E-state index < -0.39 is 0 Å². The zero-order valence-electron chi connectivity index (χ0n) is 15.1. The minimum Gasteiger partial charge on any atom is -0.497 e. The summed E-state index contributed by atoms with van der Waals surface area (Å²) in [4.78, 5) is 0. The fraction of sp³-hybridized carbons (Fsp3) is 0.429. The standard InChI is InChI=1S/C21H28O3/c1-16(2)14-24-21-11-6-5-8-18(21)12-17(3)15-23-20-10-7-9-19(13-20)22-4/h5-11,13,16-17H,12,14-15H2,1-4H3. The second-order valence-electron chi connectivity index (χ2n) is 6.61. The molecule has 2 rings (SSSR count). The average molecular weight is 328 g/mol. The molecule has 2 aromatic rings. The van der Waals surface area contributed by atoms with Crippen LogP contribution in [0.4, 0.5) is 0 Å². The number of ether oxygens (including phenoxy) is 3. The number of benzene rings is 2. The monoisotopic (exact) mass is 328 g/mol. The van der Waals surface area contributed by atoms with E-state index in [-0.39, 0.29) is 0 Å². The Morgan fingerprint density at radius 1 is 0.833 bits per heavy atom. The van der Waals surface area contributed by atoms with Gasteiger partial charge in [-0.3, -0.25) is 0 Å². The minimum atomic E-state index is 0.389. The number of hydrogen-bond acceptors (Lipinski definition) is 3. The van der Waals surface area contributed by atoms with E-state index in [0.717, 1.165) is 30.3 Å². The van der Waals surface area contributed by atoms with Crippen LogP contribution in [0.3, 0.4) is 0 Å². The normalized spacial score (nSPS) is 12.0. The van der Waals surface area contributed by atoms with Crippen LogP contribution >= 0.6 is 0 Å². The molecule has 0 aliphatic rings. The van der Waals surface area contributed by atoms with E-state index in [1.807, 2.05) is 36.4 Å². The van der Waals surface area contributed by atoms with Crippen molar-refractivity contribution >= 4 is 0 Å². The van der Waals surface area contributed by atoms with Gasteiger partial charge >= 0.3 is 0 Å². The highest BCUT2D eigenvalue weighted by atomic mass is 16.5. The summed E-state index contributed by atoms with van der Waals surface area (Å²) >= 11 is 0. The van der Waals surface area contributed by atoms with Gasteiger partial charge in [0.2, 0.25) is 0 Å². The average Bonchev–Trinajstić information content (AvgIpc) is 2.59. The Hall–Kier alpha value is -2.16. The van der Waals surface area contributed by atoms with E-state index in [1.54, 1.807) is 7.11 Å². The molecule has 2 aromatic carbocycles. The van der Waals surface area contributed by atoms with Crippen molar-refractivity contribution in [3.63, 3.8) is 0 Å². The SMILES string of the molecule is COc1cccc(OCC(C)Cc2ccccc2OCC(C)C)c1. The zero-order valence-corrected chi connectivity index (χ0v) is 15.1. The molecule has 0 bridgehead atoms. The van der Waals surface area contributed by atoms with Gasteiger partial charge in [-0.25, -0.2) is 0 Å². The van der Waals surface area contributed by atoms with Crippen LogP contribution < -0.4 is 14.2 Å². The molecular weight excluding hydrogens is 300 g/mol. The summed E-state index contributed by atoms with van der Waals surface area (Å²) in [5.41, 5.74) is 1.24. The minimum absolute atomic E-state index is 0.389. The van der Waals surface area contributed by atoms with Gasteiger partial charge in [0.25, 0.3) is 0 Å². The second kappa shape index (κ2) is 9.21. The Kier molecular flexibility index (Phi) is 6.98. The van der Waals surface area contributed by atoms with Crippen molar-refractivity contribution in [3.8, 4) is 17.2 Å². The van der Waals surface area contributed by atoms with Crippen LogP contribution in [0.5, 0.6) is 17.2 Å². The van der Waals surface area contributed by atoms with E-state index in [0.29, 0.717) is 18.4 Å². The van der Waals surface area contributed by atoms with Gasteiger partial charge in [-0.05, 0) is 42.0 Å². The molecule has 1 atom stereocenters. The lowest BCUT2D eigenvalue weighted by atomic mass is 10.0. The molecule has 0 aliphatic carbocycles. The van der Waals surface area contributed by atoms with Crippen LogP contribution in [0, 0.1) is 11.8 Å². The summed E-state index contributed by atoms with van der Waals surface area (Å²) in [6, 6.07) is 16.0. The molecule has 3 nitrogen and oxygen atoms in total. The largest absolute Gasteiger partial charge is 0.497 e. The van der Waals surface area contributed by atoms with Crippen molar-refractivity contribution in [2.75, 3.05) is 20.3 Å². The van der Waals surface area contributed by atoms with E-state index in [2.05, 4.69) is 32.9 Å². The first-order valence-electron chi connectivity index (χ1n) is 8.56. The van der Waals surface area contributed by atoms with Gasteiger partial charge in [0.05, 0.1) is 20.3 Å². The lowest BCUT2D eigenvalue weighted by molar-refractivity contribution is 0.250. The molecule has 3 heteroatoms. The summed E-state index contributed by atoms with van der Waals surface area (Å²) in [6.07, 6.45) is 0.929. The van der Waals surface area contributed by atoms with Crippen molar-refractivity contribution < 1.29 is 14.2 Å². The molecule has 0 aliphatic heterocycles. The van der Waals surface area contributed by atoms with Gasteiger partial charge in [0, 0.05) is 6.07 Å². The number of rotatable bonds is 9. The third kappa shape index (κ3) is 5.80. The molecule has 24 heavy (non-hydrogen) atoms. The smallest absolute Gasteiger partial charge is 0.122 e. The van der Waals surface area contributed by atoms with Gasteiger partial charge in [-0.1, -0.05) is 45.0 Å². The van der Waals surface area contributed by atoms with E-state index in [9.17, 15) is 0 Å². The third-order valence-corrected chi connectivity index (χ3v) is 3.69. The molecule has 0 saturated carbocycles. The Balaban J connectivity index is 1.91. The van der Waals surface area contributed by atoms with Crippen LogP contribution in [0.1, 0.15) is 26.3 Å². The number of para-hydroxylation sites is 1. The van der Waals surface area contributed by atoms with Crippen LogP contribution in [-0.2, 0) is 6.42 Å². The van der Waals surface area contributed by atoms with Crippen molar-refractivity contribution in [1.29, 1.82) is 0 Å². The van der Waals surface area contributed by atoms with Gasteiger partial charge < -0.3 is 14.2 Å². The highest BCUT2D eigenvalue weighted by Gasteiger charge is 2.10. The fourth-order valence-corrected chi connectivity index (χ4v) is 2.43. The first-order valence-corrected chi connectivity index (χ1v) is 8.56. The molecule has 0 heterocycles. The molecule has 0 aromatic heterocycles. The maximum absolute atomic E-state index is 5.94. The fourth-order valence-electron chi connectivity index (χ4n) is 2.43. The molecule has 1 unspecified atom stereocenters. The van der Waals surface area contributed by atoms with Gasteiger partial charge in [0.1, 0.15) is 17.2 Å². The highest BCUT2D eigenvalue weighted by molar-refractivity contribution is 5.34. The molecule has 130 valence electrons. The first-order chi connectivity index (χ1) is 11.6. The maximum Gasteiger partial charge on any atom is 0.122 e. The predicted octanol–water partition coefficient (Wildman–Crippen LogP) is 4.99. The topological polar surface area (TPSA) is 27.7 Å². The van der Waals surface area contributed by atoms with E-state index >= 15 is 0 Å². The Morgan fingerprint density at radius 3 is 2.33 bits per heavy atom. The molecule has 0 spiro atoms. The van der Waals surface area contributed by atoms with Crippen molar-refractivity contribution in [1.82, 2.24) is 0 Å². The lowest BCUT2D eigenvalue weighted by Gasteiger charge is -2.17. The molecule has 0 N–H and O–H groups in total. The summed E-state index contributed by atoms with van der Waals surface area (Å²) in [6.45, 7) is 7.91. The Bertz CT molecular complexity index is 622. The lowest BCUT2D eigenvalue weighted by Crippen LogP contribution is -2.13. The maximum atomic E-state index is 5.94. The summed E-state index contributed by atoms with van der Waals surface area (Å²) in [7, 11) is 1.66. The molecule has 0 saturated heterocycles. The quantitative estimate of drug-likeness (QED) is 0.649. The molecule has 0 fully saturated rings. The third-order valence-electron chi connectivity index (χ3n) is 3.69. The van der Waals surface area contributed by atoms with Crippen molar-refractivity contribution in [3.05, 3.63) is 54.1 Å². The van der Waals surface area contributed by atoms with Gasteiger partial charge in [-0.15, -0.1) is 0 Å². The number of methoxy groups -OCH3 is 1. The molecule has 0 amide bonds. The van der Waals surface area contributed by atoms with Crippen LogP contribution in [0.2, 0.25) is 0 Å². The zero-order chi connectivity index (χ0) is 17.4. The van der Waals surface area contributed by atoms with Crippen LogP contribution in [0.15, 0.2) is 48.5 Å². The van der Waals surface area contributed by atoms with Crippen molar-refractivity contribution in [2.45, 2.75) is 27.2 Å². The van der Waals surface area contributed by atoms with Crippen LogP contribution in [-0.4, -0.2) is 20.3 Å². The summed E-state index contributed by atoms with van der Waals surface area (Å²) in [5, 5.41) is 0. The predicted molar refractivity (Wildman–Crippen MR) is 98.1 cm³/mol. The van der Waals surface area contributed by atoms with E-state index in [1.165, 1.54) is 5.56 Å². The summed E-state index contributed by atoms with van der Waals surface area (Å²) < 4.78 is 17.1. The molecule has 0 radical (unpaired) electrons. The Labute approximate surface area is 145 Å². The Morgan fingerprint density at radius 2 is 1.58 bits per heavy atom. The van der Waals surface area contributed by atoms with Crippen molar-refractivity contribution in [2.24, 2.45) is 11.8 Å². The van der Waals surface area contributed by atoms with Gasteiger partial charge in [0.15, 0.2) is 0 Å². The summed E-state index contributed by atoms with van der Waals surface area (Å²) in [5.74, 6) is 3.55. The number of hydrogen-bond donors (Lipinski definition) is 0. The van der Waals surface area contributed by atoms with Crippen LogP contribution in [0.25, 0.3) is 0 Å². The molecular formula is C21H28O3. The van der Waals surface area contributed by atoms with E-state index in [4.69, 9.17) is 14.2 Å². The second-order valence-corrected chi connectivity index (χ2v) is 6.61. The first kappa shape index (κ1) is 18.2.